The lowest BCUT2D eigenvalue weighted by molar-refractivity contribution is -0.137. The predicted octanol–water partition coefficient (Wildman–Crippen LogP) is -0.984. The summed E-state index contributed by atoms with van der Waals surface area (Å²) in [5.74, 6) is -1.33. The van der Waals surface area contributed by atoms with Crippen LogP contribution in [0.5, 0.6) is 0 Å². The number of amides is 1. The summed E-state index contributed by atoms with van der Waals surface area (Å²) in [6.45, 7) is -0.0982. The summed E-state index contributed by atoms with van der Waals surface area (Å²) in [5, 5.41) is 24.7. The van der Waals surface area contributed by atoms with Crippen molar-refractivity contribution in [1.82, 2.24) is 30.5 Å². The van der Waals surface area contributed by atoms with Gasteiger partial charge in [0.15, 0.2) is 0 Å². The average molecular weight is 250 g/mol. The number of nitrogens with zero attached hydrogens (tertiary/aromatic N) is 4. The number of carbonyl (C=O) groups is 2. The number of carboxylic acids is 1. The summed E-state index contributed by atoms with van der Waals surface area (Å²) >= 11 is 0. The molecule has 0 aliphatic heterocycles. The molecular weight excluding hydrogens is 240 g/mol. The molecule has 0 aliphatic rings. The van der Waals surface area contributed by atoms with Crippen molar-refractivity contribution in [3.63, 3.8) is 0 Å². The van der Waals surface area contributed by atoms with E-state index < -0.39 is 5.97 Å². The molecule has 0 aromatic carbocycles. The molecule has 3 N–H and O–H groups in total. The van der Waals surface area contributed by atoms with Crippen LogP contribution < -0.4 is 5.32 Å². The number of aliphatic carboxylic acids is 1. The van der Waals surface area contributed by atoms with Gasteiger partial charge in [-0.25, -0.2) is 4.68 Å². The molecule has 0 atom stereocenters. The second-order valence-corrected chi connectivity index (χ2v) is 3.45. The third kappa shape index (κ3) is 2.90. The zero-order chi connectivity index (χ0) is 13.0. The maximum Gasteiger partial charge on any atom is 0.325 e. The van der Waals surface area contributed by atoms with E-state index in [1.54, 1.807) is 0 Å². The quantitative estimate of drug-likeness (QED) is 0.625. The van der Waals surface area contributed by atoms with Gasteiger partial charge in [0.2, 0.25) is 0 Å². The van der Waals surface area contributed by atoms with Crippen LogP contribution in [-0.2, 0) is 17.9 Å². The maximum absolute atomic E-state index is 11.5. The number of aromatic nitrogens is 5. The highest BCUT2D eigenvalue weighted by Crippen LogP contribution is 1.95. The average Bonchev–Trinajstić information content (AvgIpc) is 2.95. The fourth-order valence-corrected chi connectivity index (χ4v) is 1.28. The van der Waals surface area contributed by atoms with Crippen LogP contribution in [-0.4, -0.2) is 42.2 Å². The van der Waals surface area contributed by atoms with Gasteiger partial charge in [0.05, 0.1) is 12.7 Å². The van der Waals surface area contributed by atoms with Crippen molar-refractivity contribution >= 4 is 11.9 Å². The number of nitrogens with one attached hydrogen (secondary N) is 2. The molecule has 2 rings (SSSR count). The Labute approximate surface area is 101 Å². The highest BCUT2D eigenvalue weighted by atomic mass is 16.4. The summed E-state index contributed by atoms with van der Waals surface area (Å²) in [5.41, 5.74) is 0.817. The molecule has 94 valence electrons. The normalized spacial score (nSPS) is 10.2. The molecule has 0 aliphatic carbocycles. The molecule has 9 heteroatoms. The van der Waals surface area contributed by atoms with Crippen LogP contribution in [0.1, 0.15) is 16.2 Å². The zero-order valence-corrected chi connectivity index (χ0v) is 9.20. The van der Waals surface area contributed by atoms with Crippen molar-refractivity contribution in [2.45, 2.75) is 13.1 Å². The summed E-state index contributed by atoms with van der Waals surface area (Å²) < 4.78 is 1.18. The number of hydrogen-bond acceptors (Lipinski definition) is 5. The van der Waals surface area contributed by atoms with Gasteiger partial charge in [-0.1, -0.05) is 5.21 Å². The minimum atomic E-state index is -1.01. The molecular formula is C9H10N6O3. The molecule has 0 saturated carbocycles. The molecule has 0 bridgehead atoms. The van der Waals surface area contributed by atoms with E-state index in [0.717, 1.165) is 0 Å². The molecule has 18 heavy (non-hydrogen) atoms. The Morgan fingerprint density at radius 1 is 1.50 bits per heavy atom. The molecule has 0 unspecified atom stereocenters. The highest BCUT2D eigenvalue weighted by molar-refractivity contribution is 5.91. The largest absolute Gasteiger partial charge is 0.480 e. The Hall–Kier alpha value is -2.71. The minimum absolute atomic E-state index is 0.164. The highest BCUT2D eigenvalue weighted by Gasteiger charge is 2.08. The predicted molar refractivity (Wildman–Crippen MR) is 57.4 cm³/mol. The Morgan fingerprint density at radius 2 is 2.33 bits per heavy atom. The van der Waals surface area contributed by atoms with Gasteiger partial charge in [-0.05, 0) is 6.07 Å². The molecule has 2 heterocycles. The molecule has 2 aromatic heterocycles. The van der Waals surface area contributed by atoms with Crippen LogP contribution in [0.15, 0.2) is 18.5 Å². The van der Waals surface area contributed by atoms with Crippen LogP contribution >= 0.6 is 0 Å². The Balaban J connectivity index is 1.88. The van der Waals surface area contributed by atoms with Gasteiger partial charge < -0.3 is 10.4 Å². The van der Waals surface area contributed by atoms with E-state index in [0.29, 0.717) is 11.4 Å². The minimum Gasteiger partial charge on any atom is -0.480 e. The van der Waals surface area contributed by atoms with Crippen molar-refractivity contribution in [2.75, 3.05) is 0 Å². The van der Waals surface area contributed by atoms with Crippen LogP contribution in [0.2, 0.25) is 0 Å². The first-order chi connectivity index (χ1) is 8.65. The van der Waals surface area contributed by atoms with Gasteiger partial charge in [0.1, 0.15) is 17.9 Å². The summed E-state index contributed by atoms with van der Waals surface area (Å²) in [6.07, 6.45) is 2.93. The van der Waals surface area contributed by atoms with Crippen molar-refractivity contribution in [1.29, 1.82) is 0 Å². The third-order valence-corrected chi connectivity index (χ3v) is 2.06. The number of carbonyl (C=O) groups excluding carboxylic acids is 1. The lowest BCUT2D eigenvalue weighted by Gasteiger charge is -1.99. The van der Waals surface area contributed by atoms with Crippen molar-refractivity contribution in [3.8, 4) is 0 Å². The van der Waals surface area contributed by atoms with E-state index in [4.69, 9.17) is 5.11 Å². The van der Waals surface area contributed by atoms with Crippen LogP contribution in [0.3, 0.4) is 0 Å². The number of aromatic amines is 1. The lowest BCUT2D eigenvalue weighted by atomic mass is 10.4. The molecule has 0 saturated heterocycles. The second-order valence-electron chi connectivity index (χ2n) is 3.45. The summed E-state index contributed by atoms with van der Waals surface area (Å²) in [7, 11) is 0. The van der Waals surface area contributed by atoms with Crippen molar-refractivity contribution < 1.29 is 14.7 Å². The lowest BCUT2D eigenvalue weighted by Crippen LogP contribution is -2.23. The van der Waals surface area contributed by atoms with Gasteiger partial charge in [0, 0.05) is 6.20 Å². The molecule has 9 nitrogen and oxygen atoms in total. The number of H-pyrrole nitrogens is 1. The van der Waals surface area contributed by atoms with E-state index in [1.807, 2.05) is 0 Å². The van der Waals surface area contributed by atoms with Gasteiger partial charge in [-0.2, -0.15) is 5.10 Å². The fraction of sp³-hybridized carbons (Fsp3) is 0.222. The first kappa shape index (κ1) is 11.8. The van der Waals surface area contributed by atoms with Gasteiger partial charge in [0.25, 0.3) is 5.91 Å². The van der Waals surface area contributed by atoms with Crippen molar-refractivity contribution in [3.05, 3.63) is 29.8 Å². The standard InChI is InChI=1S/C9H10N6O3/c16-8(17)5-15-4-6(12-14-15)3-10-9(18)7-1-2-11-13-7/h1-2,4H,3,5H2,(H,10,18)(H,11,13)(H,16,17). The smallest absolute Gasteiger partial charge is 0.325 e. The van der Waals surface area contributed by atoms with E-state index in [2.05, 4.69) is 25.8 Å². The third-order valence-electron chi connectivity index (χ3n) is 2.06. The first-order valence-electron chi connectivity index (χ1n) is 5.03. The molecule has 0 radical (unpaired) electrons. The SMILES string of the molecule is O=C(O)Cn1cc(CNC(=O)c2ccn[nH]2)nn1. The molecule has 1 amide bonds. The first-order valence-corrected chi connectivity index (χ1v) is 5.03. The molecule has 0 fully saturated rings. The van der Waals surface area contributed by atoms with Crippen LogP contribution in [0, 0.1) is 0 Å². The Kier molecular flexibility index (Phi) is 3.32. The number of rotatable bonds is 5. The van der Waals surface area contributed by atoms with E-state index >= 15 is 0 Å². The Morgan fingerprint density at radius 3 is 3.00 bits per heavy atom. The second kappa shape index (κ2) is 5.08. The molecule has 0 spiro atoms. The van der Waals surface area contributed by atoms with E-state index in [9.17, 15) is 9.59 Å². The monoisotopic (exact) mass is 250 g/mol. The fourth-order valence-electron chi connectivity index (χ4n) is 1.28. The van der Waals surface area contributed by atoms with Crippen LogP contribution in [0.25, 0.3) is 0 Å². The number of carboxylic acid groups (broad SMARTS) is 1. The molecule has 2 aromatic rings. The zero-order valence-electron chi connectivity index (χ0n) is 9.20. The van der Waals surface area contributed by atoms with Gasteiger partial charge in [-0.15, -0.1) is 5.10 Å². The maximum atomic E-state index is 11.5. The number of hydrogen-bond donors (Lipinski definition) is 3. The summed E-state index contributed by atoms with van der Waals surface area (Å²) in [6, 6.07) is 1.54. The van der Waals surface area contributed by atoms with Crippen molar-refractivity contribution in [2.24, 2.45) is 0 Å². The van der Waals surface area contributed by atoms with Gasteiger partial charge in [-0.3, -0.25) is 14.7 Å². The van der Waals surface area contributed by atoms with E-state index in [-0.39, 0.29) is 19.0 Å². The van der Waals surface area contributed by atoms with Gasteiger partial charge >= 0.3 is 5.97 Å². The van der Waals surface area contributed by atoms with E-state index in [1.165, 1.54) is 23.1 Å². The summed E-state index contributed by atoms with van der Waals surface area (Å²) in [4.78, 5) is 22.0. The Bertz CT molecular complexity index is 546. The van der Waals surface area contributed by atoms with Crippen LogP contribution in [0.4, 0.5) is 0 Å². The topological polar surface area (TPSA) is 126 Å².